The van der Waals surface area contributed by atoms with Crippen LogP contribution in [0.1, 0.15) is 16.0 Å². The van der Waals surface area contributed by atoms with Crippen molar-refractivity contribution in [2.45, 2.75) is 13.8 Å². The van der Waals surface area contributed by atoms with E-state index in [1.165, 1.54) is 18.2 Å². The maximum Gasteiger partial charge on any atom is 0.279 e. The Morgan fingerprint density at radius 2 is 1.96 bits per heavy atom. The molecule has 26 heavy (non-hydrogen) atoms. The fraction of sp³-hybridized carbons (Fsp3) is 0.105. The predicted molar refractivity (Wildman–Crippen MR) is 97.7 cm³/mol. The number of rotatable bonds is 3. The Hall–Kier alpha value is -3.06. The van der Waals surface area contributed by atoms with Crippen LogP contribution in [0.4, 0.5) is 15.2 Å². The van der Waals surface area contributed by atoms with Crippen molar-refractivity contribution in [1.29, 1.82) is 0 Å². The molecule has 5 nitrogen and oxygen atoms in total. The Morgan fingerprint density at radius 1 is 1.15 bits per heavy atom. The van der Waals surface area contributed by atoms with Crippen LogP contribution in [0.2, 0.25) is 0 Å². The second kappa shape index (κ2) is 6.03. The van der Waals surface area contributed by atoms with Crippen LogP contribution in [0.5, 0.6) is 5.88 Å². The molecular weight excluding hydrogens is 353 g/mol. The highest BCUT2D eigenvalue weighted by Gasteiger charge is 2.25. The highest BCUT2D eigenvalue weighted by Crippen LogP contribution is 2.35. The summed E-state index contributed by atoms with van der Waals surface area (Å²) in [5.41, 5.74) is 3.15. The molecule has 1 aliphatic heterocycles. The van der Waals surface area contributed by atoms with Gasteiger partial charge in [0.2, 0.25) is 5.88 Å². The number of nitrogens with zero attached hydrogens (tertiary/aromatic N) is 2. The van der Waals surface area contributed by atoms with Gasteiger partial charge in [0.05, 0.1) is 10.9 Å². The lowest BCUT2D eigenvalue weighted by atomic mass is 10.1. The number of amides is 1. The predicted octanol–water partition coefficient (Wildman–Crippen LogP) is 2.71. The lowest BCUT2D eigenvalue weighted by Gasteiger charge is -2.07. The summed E-state index contributed by atoms with van der Waals surface area (Å²) in [7, 11) is 0. The largest absolute Gasteiger partial charge is 0.492 e. The number of aromatic hydroxyl groups is 1. The number of aromatic nitrogens is 1. The van der Waals surface area contributed by atoms with Crippen LogP contribution in [0.25, 0.3) is 5.57 Å². The van der Waals surface area contributed by atoms with Crippen LogP contribution < -0.4 is 15.9 Å². The molecule has 0 spiro atoms. The molecule has 1 aromatic heterocycles. The van der Waals surface area contributed by atoms with E-state index in [-0.39, 0.29) is 16.3 Å². The molecule has 2 heterocycles. The lowest BCUT2D eigenvalue weighted by molar-refractivity contribution is -0.112. The molecule has 0 unspecified atom stereocenters. The van der Waals surface area contributed by atoms with Crippen LogP contribution >= 0.6 is 11.3 Å². The number of fused-ring (bicyclic) bond motifs is 1. The fourth-order valence-corrected chi connectivity index (χ4v) is 3.74. The van der Waals surface area contributed by atoms with Gasteiger partial charge in [-0.3, -0.25) is 4.79 Å². The minimum Gasteiger partial charge on any atom is -0.492 e. The first-order valence-corrected chi connectivity index (χ1v) is 8.71. The zero-order chi connectivity index (χ0) is 18.4. The van der Waals surface area contributed by atoms with E-state index < -0.39 is 11.7 Å². The molecule has 1 amide bonds. The van der Waals surface area contributed by atoms with Gasteiger partial charge < -0.3 is 10.4 Å². The third-order valence-electron chi connectivity index (χ3n) is 4.13. The van der Waals surface area contributed by atoms with Gasteiger partial charge in [0.25, 0.3) is 5.91 Å². The maximum atomic E-state index is 13.6. The van der Waals surface area contributed by atoms with Crippen LogP contribution in [-0.4, -0.2) is 16.0 Å². The third kappa shape index (κ3) is 2.76. The van der Waals surface area contributed by atoms with E-state index in [0.29, 0.717) is 15.7 Å². The van der Waals surface area contributed by atoms with Crippen LogP contribution in [0, 0.1) is 19.7 Å². The zero-order valence-electron chi connectivity index (χ0n) is 14.0. The third-order valence-corrected chi connectivity index (χ3v) is 5.11. The number of benzene rings is 2. The second-order valence-corrected chi connectivity index (χ2v) is 7.07. The maximum absolute atomic E-state index is 13.6. The van der Waals surface area contributed by atoms with E-state index in [1.54, 1.807) is 0 Å². The summed E-state index contributed by atoms with van der Waals surface area (Å²) in [4.78, 5) is 20.6. The summed E-state index contributed by atoms with van der Waals surface area (Å²) in [5, 5.41) is 14.6. The Kier molecular flexibility index (Phi) is 3.81. The number of thiazole rings is 1. The minimum absolute atomic E-state index is 0.170. The quantitative estimate of drug-likeness (QED) is 0.746. The Morgan fingerprint density at radius 3 is 2.77 bits per heavy atom. The number of nitrogens with one attached hydrogen (secondary N) is 1. The first-order valence-electron chi connectivity index (χ1n) is 7.90. The van der Waals surface area contributed by atoms with E-state index in [9.17, 15) is 14.3 Å². The van der Waals surface area contributed by atoms with Crippen molar-refractivity contribution < 1.29 is 14.3 Å². The smallest absolute Gasteiger partial charge is 0.279 e. The SMILES string of the molecule is Cc1ccc(C)c(Nc2nc(O)c(C3=c4cc(F)ccc4=NC3=O)s2)c1. The number of hydrogen-bond acceptors (Lipinski definition) is 5. The molecule has 0 saturated heterocycles. The van der Waals surface area contributed by atoms with E-state index >= 15 is 0 Å². The van der Waals surface area contributed by atoms with Crippen LogP contribution in [-0.2, 0) is 4.79 Å². The highest BCUT2D eigenvalue weighted by atomic mass is 32.1. The summed E-state index contributed by atoms with van der Waals surface area (Å²) in [5.74, 6) is -1.26. The van der Waals surface area contributed by atoms with Crippen LogP contribution in [0.3, 0.4) is 0 Å². The normalized spacial score (nSPS) is 12.9. The van der Waals surface area contributed by atoms with Gasteiger partial charge in [0, 0.05) is 10.9 Å². The number of halogens is 1. The van der Waals surface area contributed by atoms with Crippen molar-refractivity contribution in [3.05, 3.63) is 68.8 Å². The molecular formula is C19H14FN3O2S. The summed E-state index contributed by atoms with van der Waals surface area (Å²) in [6.07, 6.45) is 0. The van der Waals surface area contributed by atoms with Crippen LogP contribution in [0.15, 0.2) is 41.4 Å². The molecule has 4 rings (SSSR count). The summed E-state index contributed by atoms with van der Waals surface area (Å²) in [6.45, 7) is 3.94. The van der Waals surface area contributed by atoms with Gasteiger partial charge in [-0.25, -0.2) is 9.38 Å². The average Bonchev–Trinajstić information content (AvgIpc) is 3.09. The number of carbonyl (C=O) groups is 1. The van der Waals surface area contributed by atoms with E-state index in [2.05, 4.69) is 15.3 Å². The summed E-state index contributed by atoms with van der Waals surface area (Å²) >= 11 is 1.13. The molecule has 0 radical (unpaired) electrons. The van der Waals surface area contributed by atoms with E-state index in [1.807, 2.05) is 32.0 Å². The number of hydrogen-bond donors (Lipinski definition) is 2. The Labute approximate surface area is 152 Å². The molecule has 0 fully saturated rings. The Bertz CT molecular complexity index is 1180. The number of carbonyl (C=O) groups excluding carboxylic acids is 1. The fourth-order valence-electron chi connectivity index (χ4n) is 2.82. The number of anilines is 2. The standard InChI is InChI=1S/C19H14FN3O2S/c1-9-3-4-10(2)14(7-9)22-19-23-18(25)16(26-19)15-12-8-11(20)5-6-13(12)21-17(15)24/h3-8,25H,1-2H3,(H,22,23). The van der Waals surface area contributed by atoms with Crippen molar-refractivity contribution in [2.75, 3.05) is 5.32 Å². The molecule has 130 valence electrons. The van der Waals surface area contributed by atoms with E-state index in [0.717, 1.165) is 28.2 Å². The van der Waals surface area contributed by atoms with Crippen molar-refractivity contribution in [2.24, 2.45) is 4.99 Å². The minimum atomic E-state index is -0.511. The van der Waals surface area contributed by atoms with Gasteiger partial charge >= 0.3 is 0 Å². The zero-order valence-corrected chi connectivity index (χ0v) is 14.8. The monoisotopic (exact) mass is 367 g/mol. The van der Waals surface area contributed by atoms with Gasteiger partial charge in [-0.15, -0.1) is 0 Å². The van der Waals surface area contributed by atoms with E-state index in [4.69, 9.17) is 0 Å². The molecule has 2 aromatic carbocycles. The first-order chi connectivity index (χ1) is 12.4. The molecule has 0 aliphatic carbocycles. The first kappa shape index (κ1) is 16.4. The number of aryl methyl sites for hydroxylation is 2. The van der Waals surface area contributed by atoms with Gasteiger partial charge in [-0.2, -0.15) is 4.98 Å². The Balaban J connectivity index is 1.81. The van der Waals surface area contributed by atoms with Crippen molar-refractivity contribution in [1.82, 2.24) is 4.98 Å². The molecule has 0 bridgehead atoms. The highest BCUT2D eigenvalue weighted by molar-refractivity contribution is 7.17. The van der Waals surface area contributed by atoms with Gasteiger partial charge in [0.1, 0.15) is 10.7 Å². The second-order valence-electron chi connectivity index (χ2n) is 6.07. The van der Waals surface area contributed by atoms with Gasteiger partial charge in [-0.05, 0) is 49.2 Å². The average molecular weight is 367 g/mol. The summed E-state index contributed by atoms with van der Waals surface area (Å²) in [6, 6.07) is 9.91. The molecule has 7 heteroatoms. The molecule has 1 aliphatic rings. The molecule has 3 aromatic rings. The molecule has 0 saturated carbocycles. The van der Waals surface area contributed by atoms with Crippen molar-refractivity contribution >= 4 is 33.6 Å². The molecule has 0 atom stereocenters. The van der Waals surface area contributed by atoms with Crippen molar-refractivity contribution in [3.8, 4) is 5.88 Å². The van der Waals surface area contributed by atoms with Gasteiger partial charge in [-0.1, -0.05) is 23.5 Å². The lowest BCUT2D eigenvalue weighted by Crippen LogP contribution is -2.23. The topological polar surface area (TPSA) is 74.6 Å². The summed E-state index contributed by atoms with van der Waals surface area (Å²) < 4.78 is 13.6. The van der Waals surface area contributed by atoms with Gasteiger partial charge in [0.15, 0.2) is 5.13 Å². The van der Waals surface area contributed by atoms with Crippen molar-refractivity contribution in [3.63, 3.8) is 0 Å². The molecule has 2 N–H and O–H groups in total.